The Morgan fingerprint density at radius 3 is 2.75 bits per heavy atom. The fourth-order valence-corrected chi connectivity index (χ4v) is 9.35. The number of allylic oxidation sites excluding steroid dienone is 3. The molecule has 4 aliphatic carbocycles. The first-order chi connectivity index (χ1) is 17.3. The van der Waals surface area contributed by atoms with Gasteiger partial charge >= 0.3 is 5.97 Å². The number of carbonyl (C=O) groups excluding carboxylic acids is 1. The molecule has 3 unspecified atom stereocenters. The van der Waals surface area contributed by atoms with Crippen molar-refractivity contribution in [3.63, 3.8) is 0 Å². The summed E-state index contributed by atoms with van der Waals surface area (Å²) < 4.78 is 17.2. The van der Waals surface area contributed by atoms with Gasteiger partial charge in [0, 0.05) is 13.0 Å². The van der Waals surface area contributed by atoms with Gasteiger partial charge in [0.1, 0.15) is 0 Å². The summed E-state index contributed by atoms with van der Waals surface area (Å²) in [5.41, 5.74) is 4.08. The largest absolute Gasteiger partial charge is 0.469 e. The summed E-state index contributed by atoms with van der Waals surface area (Å²) in [6.45, 7) is 8.45. The minimum Gasteiger partial charge on any atom is -0.469 e. The lowest BCUT2D eigenvalue weighted by Crippen LogP contribution is -2.50. The van der Waals surface area contributed by atoms with Crippen molar-refractivity contribution in [1.82, 2.24) is 0 Å². The van der Waals surface area contributed by atoms with Crippen LogP contribution in [-0.4, -0.2) is 32.1 Å². The average Bonchev–Trinajstić information content (AvgIpc) is 3.24. The zero-order valence-electron chi connectivity index (χ0n) is 23.4. The van der Waals surface area contributed by atoms with E-state index in [-0.39, 0.29) is 12.3 Å². The second-order valence-electron chi connectivity index (χ2n) is 13.1. The van der Waals surface area contributed by atoms with E-state index in [0.717, 1.165) is 50.0 Å². The molecule has 1 aliphatic heterocycles. The van der Waals surface area contributed by atoms with Gasteiger partial charge < -0.3 is 14.2 Å². The predicted octanol–water partition coefficient (Wildman–Crippen LogP) is 7.77. The highest BCUT2D eigenvalue weighted by molar-refractivity contribution is 5.69. The molecule has 1 saturated heterocycles. The molecular formula is C32H50O4. The van der Waals surface area contributed by atoms with Crippen LogP contribution in [0, 0.1) is 34.5 Å². The lowest BCUT2D eigenvalue weighted by atomic mass is 9.47. The molecule has 4 fully saturated rings. The highest BCUT2D eigenvalue weighted by Gasteiger charge is 2.58. The van der Waals surface area contributed by atoms with Gasteiger partial charge in [-0.2, -0.15) is 0 Å². The van der Waals surface area contributed by atoms with E-state index in [0.29, 0.717) is 29.3 Å². The Kier molecular flexibility index (Phi) is 8.04. The first-order valence-electron chi connectivity index (χ1n) is 15.0. The maximum Gasteiger partial charge on any atom is 0.305 e. The third kappa shape index (κ3) is 4.98. The molecule has 0 radical (unpaired) electrons. The van der Waals surface area contributed by atoms with Crippen molar-refractivity contribution in [3.8, 4) is 0 Å². The van der Waals surface area contributed by atoms with Gasteiger partial charge in [-0.05, 0) is 125 Å². The van der Waals surface area contributed by atoms with E-state index in [4.69, 9.17) is 14.2 Å². The Hall–Kier alpha value is -1.13. The Bertz CT molecular complexity index is 854. The van der Waals surface area contributed by atoms with E-state index in [1.807, 2.05) is 0 Å². The summed E-state index contributed by atoms with van der Waals surface area (Å²) in [6, 6.07) is 0. The van der Waals surface area contributed by atoms with Crippen molar-refractivity contribution in [2.75, 3.05) is 13.7 Å². The monoisotopic (exact) mass is 498 g/mol. The van der Waals surface area contributed by atoms with Crippen LogP contribution in [0.5, 0.6) is 0 Å². The van der Waals surface area contributed by atoms with E-state index < -0.39 is 0 Å². The summed E-state index contributed by atoms with van der Waals surface area (Å²) in [5.74, 6) is 3.14. The molecular weight excluding hydrogens is 448 g/mol. The summed E-state index contributed by atoms with van der Waals surface area (Å²) in [4.78, 5) is 11.5. The van der Waals surface area contributed by atoms with Crippen LogP contribution in [0.3, 0.4) is 0 Å². The maximum atomic E-state index is 11.5. The molecule has 0 N–H and O–H groups in total. The average molecular weight is 499 g/mol. The minimum atomic E-state index is -0.0894. The van der Waals surface area contributed by atoms with Crippen molar-refractivity contribution in [2.24, 2.45) is 34.5 Å². The van der Waals surface area contributed by atoms with Gasteiger partial charge in [-0.1, -0.05) is 37.1 Å². The number of methoxy groups -OCH3 is 1. The van der Waals surface area contributed by atoms with Crippen molar-refractivity contribution in [3.05, 3.63) is 23.3 Å². The molecule has 8 atom stereocenters. The van der Waals surface area contributed by atoms with Crippen LogP contribution in [-0.2, 0) is 19.0 Å². The zero-order valence-corrected chi connectivity index (χ0v) is 23.4. The van der Waals surface area contributed by atoms with Crippen LogP contribution in [0.15, 0.2) is 23.3 Å². The Morgan fingerprint density at radius 1 is 1.11 bits per heavy atom. The van der Waals surface area contributed by atoms with Crippen molar-refractivity contribution in [1.29, 1.82) is 0 Å². The standard InChI is InChI=1S/C32H50O4/c1-22(9-5-6-10-29(33)34-4)26-14-15-27-25-13-12-23-21-24(36-30-11-7-8-20-35-30)16-18-31(23,2)28(25)17-19-32(26,27)3/h9,12,24-28,30H,5-8,10-11,13-21H2,1-4H3/b22-9+/t24-,25-,26?,27?,28-,30?,31-,32+/m0/s1. The second-order valence-corrected chi connectivity index (χ2v) is 13.1. The summed E-state index contributed by atoms with van der Waals surface area (Å²) in [7, 11) is 1.48. The SMILES string of the molecule is COC(=O)CCC/C=C(\C)C1CCC2[C@@H]3CC=C4C[C@@H](OC5CCCCO5)CC[C@]4(C)[C@H]3CC[C@]12C. The second kappa shape index (κ2) is 10.9. The van der Waals surface area contributed by atoms with Gasteiger partial charge in [0.25, 0.3) is 0 Å². The Morgan fingerprint density at radius 2 is 1.97 bits per heavy atom. The summed E-state index contributed by atoms with van der Waals surface area (Å²) in [6.07, 6.45) is 21.7. The van der Waals surface area contributed by atoms with Gasteiger partial charge in [0.15, 0.2) is 6.29 Å². The number of hydrogen-bond donors (Lipinski definition) is 0. The van der Waals surface area contributed by atoms with E-state index in [9.17, 15) is 4.79 Å². The molecule has 5 aliphatic rings. The van der Waals surface area contributed by atoms with Gasteiger partial charge in [-0.15, -0.1) is 0 Å². The molecule has 0 amide bonds. The van der Waals surface area contributed by atoms with E-state index in [1.54, 1.807) is 11.1 Å². The molecule has 36 heavy (non-hydrogen) atoms. The molecule has 5 rings (SSSR count). The quantitative estimate of drug-likeness (QED) is 0.204. The third-order valence-electron chi connectivity index (χ3n) is 11.4. The van der Waals surface area contributed by atoms with E-state index in [2.05, 4.69) is 32.9 Å². The number of fused-ring (bicyclic) bond motifs is 5. The van der Waals surface area contributed by atoms with Gasteiger partial charge in [0.2, 0.25) is 0 Å². The predicted molar refractivity (Wildman–Crippen MR) is 143 cm³/mol. The first-order valence-corrected chi connectivity index (χ1v) is 15.0. The van der Waals surface area contributed by atoms with Crippen LogP contribution in [0.25, 0.3) is 0 Å². The molecule has 4 nitrogen and oxygen atoms in total. The zero-order chi connectivity index (χ0) is 25.3. The molecule has 4 heteroatoms. The molecule has 0 aromatic rings. The maximum absolute atomic E-state index is 11.5. The van der Waals surface area contributed by atoms with Gasteiger partial charge in [0.05, 0.1) is 13.2 Å². The Labute approximate surface area is 219 Å². The molecule has 0 aromatic heterocycles. The number of esters is 1. The van der Waals surface area contributed by atoms with Crippen LogP contribution in [0.2, 0.25) is 0 Å². The molecule has 1 heterocycles. The van der Waals surface area contributed by atoms with Crippen LogP contribution in [0.4, 0.5) is 0 Å². The number of ether oxygens (including phenoxy) is 3. The topological polar surface area (TPSA) is 44.8 Å². The van der Waals surface area contributed by atoms with Crippen molar-refractivity contribution in [2.45, 2.75) is 123 Å². The molecule has 0 spiro atoms. The lowest BCUT2D eigenvalue weighted by molar-refractivity contribution is -0.195. The lowest BCUT2D eigenvalue weighted by Gasteiger charge is -2.58. The number of hydrogen-bond acceptors (Lipinski definition) is 4. The van der Waals surface area contributed by atoms with Gasteiger partial charge in [-0.25, -0.2) is 0 Å². The Balaban J connectivity index is 1.23. The van der Waals surface area contributed by atoms with Crippen molar-refractivity contribution >= 4 is 5.97 Å². The molecule has 0 aromatic carbocycles. The fraction of sp³-hybridized carbons (Fsp3) is 0.844. The number of rotatable bonds is 7. The number of unbranched alkanes of at least 4 members (excludes halogenated alkanes) is 1. The highest BCUT2D eigenvalue weighted by Crippen LogP contribution is 2.67. The smallest absolute Gasteiger partial charge is 0.305 e. The summed E-state index contributed by atoms with van der Waals surface area (Å²) >= 11 is 0. The van der Waals surface area contributed by atoms with Gasteiger partial charge in [-0.3, -0.25) is 4.79 Å². The highest BCUT2D eigenvalue weighted by atomic mass is 16.7. The fourth-order valence-electron chi connectivity index (χ4n) is 9.35. The number of carbonyl (C=O) groups is 1. The normalized spacial score (nSPS) is 42.7. The van der Waals surface area contributed by atoms with Crippen molar-refractivity contribution < 1.29 is 19.0 Å². The minimum absolute atomic E-state index is 0.0348. The third-order valence-corrected chi connectivity index (χ3v) is 11.4. The summed E-state index contributed by atoms with van der Waals surface area (Å²) in [5, 5.41) is 0. The van der Waals surface area contributed by atoms with Crippen LogP contribution in [0.1, 0.15) is 111 Å². The van der Waals surface area contributed by atoms with E-state index in [1.165, 1.54) is 64.9 Å². The van der Waals surface area contributed by atoms with Crippen LogP contribution < -0.4 is 0 Å². The molecule has 202 valence electrons. The first kappa shape index (κ1) is 26.5. The molecule has 0 bridgehead atoms. The molecule has 3 saturated carbocycles. The van der Waals surface area contributed by atoms with E-state index >= 15 is 0 Å². The van der Waals surface area contributed by atoms with Crippen LogP contribution >= 0.6 is 0 Å².